The van der Waals surface area contributed by atoms with Crippen LogP contribution >= 0.6 is 15.9 Å². The van der Waals surface area contributed by atoms with Crippen LogP contribution in [0.1, 0.15) is 90.1 Å². The molecule has 0 saturated carbocycles. The Labute approximate surface area is 247 Å². The summed E-state index contributed by atoms with van der Waals surface area (Å²) in [6, 6.07) is 19.1. The van der Waals surface area contributed by atoms with Gasteiger partial charge in [-0.2, -0.15) is 0 Å². The average Bonchev–Trinajstić information content (AvgIpc) is 2.82. The Hall–Kier alpha value is -3.13. The number of hydrogen-bond acceptors (Lipinski definition) is 3. The number of halogens is 1. The molecule has 4 heteroatoms. The highest BCUT2D eigenvalue weighted by atomic mass is 79.9. The second-order valence-electron chi connectivity index (χ2n) is 13.2. The first kappa shape index (κ1) is 29.8. The summed E-state index contributed by atoms with van der Waals surface area (Å²) in [4.78, 5) is 12.1. The fourth-order valence-corrected chi connectivity index (χ4v) is 5.72. The zero-order valence-electron chi connectivity index (χ0n) is 25.0. The Balaban J connectivity index is 1.95. The van der Waals surface area contributed by atoms with Gasteiger partial charge in [0.1, 0.15) is 11.4 Å². The highest BCUT2D eigenvalue weighted by Gasteiger charge is 2.29. The standard InChI is InChI=1S/C36H39BrO3/c1-22(38)40-33-30(34(2,3)4)20-24(21-31(33)35(5,6)7)18-23-14-15-28-29(19-23)26(16-17-36(8,9)39)25-12-10-11-13-27(25)32(28)37/h10-15,19-21,39H,18H2,1-9H3. The molecule has 0 atom stereocenters. The summed E-state index contributed by atoms with van der Waals surface area (Å²) in [6.45, 7) is 17.8. The van der Waals surface area contributed by atoms with Gasteiger partial charge in [0.25, 0.3) is 0 Å². The molecule has 3 nitrogen and oxygen atoms in total. The molecular weight excluding hydrogens is 560 g/mol. The van der Waals surface area contributed by atoms with E-state index in [4.69, 9.17) is 4.74 Å². The molecule has 208 valence electrons. The summed E-state index contributed by atoms with van der Waals surface area (Å²) < 4.78 is 6.87. The molecule has 0 radical (unpaired) electrons. The number of aliphatic hydroxyl groups is 1. The van der Waals surface area contributed by atoms with Gasteiger partial charge in [0, 0.05) is 28.1 Å². The number of rotatable bonds is 3. The molecule has 0 bridgehead atoms. The molecule has 0 saturated heterocycles. The molecule has 4 rings (SSSR count). The molecule has 0 heterocycles. The zero-order valence-corrected chi connectivity index (χ0v) is 26.6. The van der Waals surface area contributed by atoms with Crippen LogP contribution in [0.15, 0.2) is 59.1 Å². The maximum Gasteiger partial charge on any atom is 0.308 e. The van der Waals surface area contributed by atoms with Crippen molar-refractivity contribution in [1.29, 1.82) is 0 Å². The Morgan fingerprint density at radius 1 is 0.800 bits per heavy atom. The van der Waals surface area contributed by atoms with Gasteiger partial charge in [-0.25, -0.2) is 0 Å². The second-order valence-corrected chi connectivity index (χ2v) is 14.0. The van der Waals surface area contributed by atoms with Crippen LogP contribution in [-0.2, 0) is 22.0 Å². The van der Waals surface area contributed by atoms with Gasteiger partial charge in [0.15, 0.2) is 0 Å². The van der Waals surface area contributed by atoms with Crippen molar-refractivity contribution in [3.8, 4) is 17.6 Å². The highest BCUT2D eigenvalue weighted by Crippen LogP contribution is 2.42. The van der Waals surface area contributed by atoms with Crippen LogP contribution in [-0.4, -0.2) is 16.7 Å². The lowest BCUT2D eigenvalue weighted by molar-refractivity contribution is -0.132. The van der Waals surface area contributed by atoms with Gasteiger partial charge in [-0.05, 0) is 85.8 Å². The molecule has 0 aromatic heterocycles. The minimum Gasteiger partial charge on any atom is -0.426 e. The largest absolute Gasteiger partial charge is 0.426 e. The third kappa shape index (κ3) is 6.43. The first-order valence-corrected chi connectivity index (χ1v) is 14.5. The van der Waals surface area contributed by atoms with Crippen molar-refractivity contribution >= 4 is 43.4 Å². The van der Waals surface area contributed by atoms with E-state index < -0.39 is 5.60 Å². The summed E-state index contributed by atoms with van der Waals surface area (Å²) in [5.41, 5.74) is 3.74. The van der Waals surface area contributed by atoms with Gasteiger partial charge in [0.2, 0.25) is 0 Å². The monoisotopic (exact) mass is 598 g/mol. The zero-order chi connectivity index (χ0) is 29.6. The summed E-state index contributed by atoms with van der Waals surface area (Å²) in [6.07, 6.45) is 0.714. The van der Waals surface area contributed by atoms with Crippen LogP contribution in [0.2, 0.25) is 0 Å². The second kappa shape index (κ2) is 10.7. The molecule has 0 unspecified atom stereocenters. The lowest BCUT2D eigenvalue weighted by Crippen LogP contribution is -2.21. The molecule has 0 aliphatic heterocycles. The minimum atomic E-state index is -1.10. The summed E-state index contributed by atoms with van der Waals surface area (Å²) in [7, 11) is 0. The Morgan fingerprint density at radius 3 is 1.88 bits per heavy atom. The SMILES string of the molecule is CC(=O)Oc1c(C(C)(C)C)cc(Cc2ccc3c(Br)c4ccccc4c(C#CC(C)(C)O)c3c2)cc1C(C)(C)C. The van der Waals surface area contributed by atoms with Crippen molar-refractivity contribution in [2.75, 3.05) is 0 Å². The van der Waals surface area contributed by atoms with E-state index in [1.807, 2.05) is 12.1 Å². The smallest absolute Gasteiger partial charge is 0.308 e. The molecule has 0 spiro atoms. The molecule has 1 N–H and O–H groups in total. The van der Waals surface area contributed by atoms with Crippen molar-refractivity contribution in [3.05, 3.63) is 86.9 Å². The van der Waals surface area contributed by atoms with E-state index in [1.54, 1.807) is 13.8 Å². The molecule has 40 heavy (non-hydrogen) atoms. The van der Waals surface area contributed by atoms with Crippen molar-refractivity contribution in [2.45, 2.75) is 85.2 Å². The van der Waals surface area contributed by atoms with Crippen molar-refractivity contribution in [2.24, 2.45) is 0 Å². The first-order chi connectivity index (χ1) is 18.5. The number of hydrogen-bond donors (Lipinski definition) is 1. The maximum absolute atomic E-state index is 12.1. The van der Waals surface area contributed by atoms with E-state index in [0.29, 0.717) is 12.2 Å². The Bertz CT molecular complexity index is 1640. The fourth-order valence-electron chi connectivity index (χ4n) is 5.03. The highest BCUT2D eigenvalue weighted by molar-refractivity contribution is 9.10. The minimum absolute atomic E-state index is 0.214. The van der Waals surface area contributed by atoms with E-state index in [-0.39, 0.29) is 16.8 Å². The van der Waals surface area contributed by atoms with Gasteiger partial charge in [-0.15, -0.1) is 0 Å². The lowest BCUT2D eigenvalue weighted by atomic mass is 9.77. The quantitative estimate of drug-likeness (QED) is 0.111. The number of fused-ring (bicyclic) bond motifs is 2. The normalized spacial score (nSPS) is 12.4. The number of ether oxygens (including phenoxy) is 1. The van der Waals surface area contributed by atoms with Crippen molar-refractivity contribution < 1.29 is 14.6 Å². The van der Waals surface area contributed by atoms with E-state index in [2.05, 4.69) is 112 Å². The number of carbonyl (C=O) groups is 1. The molecule has 4 aromatic rings. The van der Waals surface area contributed by atoms with Gasteiger partial charge < -0.3 is 9.84 Å². The molecule has 0 aliphatic carbocycles. The molecule has 0 amide bonds. The van der Waals surface area contributed by atoms with Gasteiger partial charge >= 0.3 is 5.97 Å². The average molecular weight is 600 g/mol. The van der Waals surface area contributed by atoms with Gasteiger partial charge in [-0.3, -0.25) is 4.79 Å². The van der Waals surface area contributed by atoms with E-state index in [9.17, 15) is 9.90 Å². The summed E-state index contributed by atoms with van der Waals surface area (Å²) in [5, 5.41) is 14.6. The molecule has 0 aliphatic rings. The third-order valence-electron chi connectivity index (χ3n) is 6.93. The predicted octanol–water partition coefficient (Wildman–Crippen LogP) is 8.99. The predicted molar refractivity (Wildman–Crippen MR) is 170 cm³/mol. The van der Waals surface area contributed by atoms with Gasteiger partial charge in [0.05, 0.1) is 0 Å². The first-order valence-electron chi connectivity index (χ1n) is 13.7. The fraction of sp³-hybridized carbons (Fsp3) is 0.361. The summed E-state index contributed by atoms with van der Waals surface area (Å²) in [5.74, 6) is 6.70. The van der Waals surface area contributed by atoms with E-state index >= 15 is 0 Å². The van der Waals surface area contributed by atoms with Crippen LogP contribution in [0.4, 0.5) is 0 Å². The lowest BCUT2D eigenvalue weighted by Gasteiger charge is -2.30. The number of benzene rings is 4. The van der Waals surface area contributed by atoms with Crippen LogP contribution in [0, 0.1) is 11.8 Å². The van der Waals surface area contributed by atoms with Gasteiger partial charge in [-0.1, -0.05) is 102 Å². The van der Waals surface area contributed by atoms with Crippen molar-refractivity contribution in [3.63, 3.8) is 0 Å². The molecular formula is C36H39BrO3. The molecule has 4 aromatic carbocycles. The van der Waals surface area contributed by atoms with Crippen molar-refractivity contribution in [1.82, 2.24) is 0 Å². The van der Waals surface area contributed by atoms with E-state index in [0.717, 1.165) is 53.8 Å². The molecule has 0 fully saturated rings. The number of esters is 1. The third-order valence-corrected chi connectivity index (χ3v) is 7.79. The Kier molecular flexibility index (Phi) is 7.98. The van der Waals surface area contributed by atoms with Crippen LogP contribution in [0.5, 0.6) is 5.75 Å². The van der Waals surface area contributed by atoms with E-state index in [1.165, 1.54) is 6.92 Å². The van der Waals surface area contributed by atoms with Crippen LogP contribution < -0.4 is 4.74 Å². The van der Waals surface area contributed by atoms with Crippen LogP contribution in [0.25, 0.3) is 21.5 Å². The number of carbonyl (C=O) groups excluding carboxylic acids is 1. The summed E-state index contributed by atoms with van der Waals surface area (Å²) >= 11 is 3.85. The van der Waals surface area contributed by atoms with Crippen LogP contribution in [0.3, 0.4) is 0 Å². The maximum atomic E-state index is 12.1. The topological polar surface area (TPSA) is 46.5 Å². The Morgan fingerprint density at radius 2 is 1.35 bits per heavy atom.